The van der Waals surface area contributed by atoms with Gasteiger partial charge in [0, 0.05) is 12.2 Å². The molecule has 2 N–H and O–H groups in total. The maximum absolute atomic E-state index is 10.9. The van der Waals surface area contributed by atoms with Crippen LogP contribution in [0.25, 0.3) is 0 Å². The first kappa shape index (κ1) is 12.3. The van der Waals surface area contributed by atoms with Crippen molar-refractivity contribution in [2.75, 3.05) is 0 Å². The van der Waals surface area contributed by atoms with Gasteiger partial charge in [-0.15, -0.1) is 0 Å². The van der Waals surface area contributed by atoms with Gasteiger partial charge in [0.15, 0.2) is 0 Å². The minimum atomic E-state index is -0.498. The Kier molecular flexibility index (Phi) is 3.58. The predicted molar refractivity (Wildman–Crippen MR) is 64.8 cm³/mol. The average molecular weight is 302 g/mol. The van der Waals surface area contributed by atoms with Crippen LogP contribution in [0.4, 0.5) is 5.69 Å². The Balaban J connectivity index is 2.22. The third-order valence-corrected chi connectivity index (χ3v) is 3.31. The zero-order valence-electron chi connectivity index (χ0n) is 9.01. The van der Waals surface area contributed by atoms with E-state index < -0.39 is 4.92 Å². The first-order chi connectivity index (χ1) is 8.08. The fourth-order valence-corrected chi connectivity index (χ4v) is 2.32. The van der Waals surface area contributed by atoms with Gasteiger partial charge in [-0.25, -0.2) is 0 Å². The number of hydrogen-bond acceptors (Lipinski definition) is 5. The molecular formula is C10H12BrN3O3. The van der Waals surface area contributed by atoms with Crippen LogP contribution in [0.3, 0.4) is 0 Å². The Labute approximate surface area is 106 Å². The summed E-state index contributed by atoms with van der Waals surface area (Å²) in [5, 5.41) is 10.9. The molecule has 17 heavy (non-hydrogen) atoms. The number of nitrogens with zero attached hydrogens (tertiary/aromatic N) is 2. The molecule has 1 saturated carbocycles. The number of aromatic nitrogens is 1. The Bertz CT molecular complexity index is 441. The third kappa shape index (κ3) is 2.73. The summed E-state index contributed by atoms with van der Waals surface area (Å²) in [6.45, 7) is 0. The van der Waals surface area contributed by atoms with Gasteiger partial charge in [-0.1, -0.05) is 0 Å². The largest absolute Gasteiger partial charge is 0.483 e. The first-order valence-corrected chi connectivity index (χ1v) is 6.07. The van der Waals surface area contributed by atoms with Crippen molar-refractivity contribution >= 4 is 21.6 Å². The maximum Gasteiger partial charge on any atom is 0.330 e. The number of pyridine rings is 1. The first-order valence-electron chi connectivity index (χ1n) is 5.28. The number of rotatable bonds is 3. The molecule has 1 aliphatic rings. The molecule has 0 saturated heterocycles. The zero-order valence-corrected chi connectivity index (χ0v) is 10.6. The van der Waals surface area contributed by atoms with Crippen molar-refractivity contribution in [3.05, 3.63) is 27.0 Å². The van der Waals surface area contributed by atoms with E-state index in [2.05, 4.69) is 20.9 Å². The van der Waals surface area contributed by atoms with Crippen molar-refractivity contribution in [3.8, 4) is 5.75 Å². The molecule has 2 rings (SSSR count). The van der Waals surface area contributed by atoms with Crippen molar-refractivity contribution in [2.45, 2.75) is 31.4 Å². The molecule has 6 nitrogen and oxygen atoms in total. The molecule has 2 unspecified atom stereocenters. The lowest BCUT2D eigenvalue weighted by Gasteiger charge is -2.14. The van der Waals surface area contributed by atoms with Crippen molar-refractivity contribution < 1.29 is 9.66 Å². The lowest BCUT2D eigenvalue weighted by molar-refractivity contribution is -0.386. The quantitative estimate of drug-likeness (QED) is 0.681. The molecule has 1 aromatic heterocycles. The molecule has 7 heteroatoms. The molecule has 1 aromatic rings. The van der Waals surface area contributed by atoms with Gasteiger partial charge in [-0.2, -0.15) is 0 Å². The summed E-state index contributed by atoms with van der Waals surface area (Å²) in [7, 11) is 0. The van der Waals surface area contributed by atoms with Gasteiger partial charge < -0.3 is 10.5 Å². The average Bonchev–Trinajstić information content (AvgIpc) is 2.67. The number of nitrogens with two attached hydrogens (primary N) is 1. The van der Waals surface area contributed by atoms with Gasteiger partial charge >= 0.3 is 5.69 Å². The van der Waals surface area contributed by atoms with Crippen LogP contribution in [-0.2, 0) is 0 Å². The Morgan fingerprint density at radius 2 is 2.29 bits per heavy atom. The minimum absolute atomic E-state index is 0.0533. The summed E-state index contributed by atoms with van der Waals surface area (Å²) in [6, 6.07) is 0.125. The fraction of sp³-hybridized carbons (Fsp3) is 0.500. The summed E-state index contributed by atoms with van der Waals surface area (Å²) < 4.78 is 6.15. The highest BCUT2D eigenvalue weighted by Crippen LogP contribution is 2.36. The molecule has 1 aliphatic carbocycles. The smallest absolute Gasteiger partial charge is 0.330 e. The van der Waals surface area contributed by atoms with E-state index in [4.69, 9.17) is 10.5 Å². The minimum Gasteiger partial charge on any atom is -0.483 e. The highest BCUT2D eigenvalue weighted by Gasteiger charge is 2.27. The van der Waals surface area contributed by atoms with Gasteiger partial charge in [0.1, 0.15) is 12.3 Å². The molecule has 0 amide bonds. The summed E-state index contributed by atoms with van der Waals surface area (Å²) in [5.74, 6) is 0.240. The molecule has 0 aliphatic heterocycles. The van der Waals surface area contributed by atoms with Gasteiger partial charge in [0.2, 0.25) is 5.75 Å². The van der Waals surface area contributed by atoms with Crippen LogP contribution < -0.4 is 10.5 Å². The highest BCUT2D eigenvalue weighted by atomic mass is 79.9. The van der Waals surface area contributed by atoms with Crippen LogP contribution in [0.5, 0.6) is 5.75 Å². The van der Waals surface area contributed by atoms with Crippen LogP contribution in [0, 0.1) is 10.1 Å². The maximum atomic E-state index is 10.9. The molecule has 0 aromatic carbocycles. The van der Waals surface area contributed by atoms with Gasteiger partial charge in [-0.05, 0) is 35.2 Å². The Morgan fingerprint density at radius 3 is 2.88 bits per heavy atom. The summed E-state index contributed by atoms with van der Waals surface area (Å²) >= 11 is 3.21. The second-order valence-corrected chi connectivity index (χ2v) is 4.89. The van der Waals surface area contributed by atoms with E-state index in [1.165, 1.54) is 12.4 Å². The van der Waals surface area contributed by atoms with Crippen molar-refractivity contribution in [2.24, 2.45) is 5.73 Å². The second-order valence-electron chi connectivity index (χ2n) is 4.04. The van der Waals surface area contributed by atoms with Crippen molar-refractivity contribution in [1.29, 1.82) is 0 Å². The molecule has 92 valence electrons. The van der Waals surface area contributed by atoms with Crippen LogP contribution in [0.2, 0.25) is 0 Å². The van der Waals surface area contributed by atoms with Crippen LogP contribution in [0.1, 0.15) is 19.3 Å². The van der Waals surface area contributed by atoms with E-state index in [0.717, 1.165) is 19.3 Å². The Hall–Kier alpha value is -1.21. The summed E-state index contributed by atoms with van der Waals surface area (Å²) in [5.41, 5.74) is 5.65. The normalized spacial score (nSPS) is 23.6. The third-order valence-electron chi connectivity index (χ3n) is 2.74. The van der Waals surface area contributed by atoms with E-state index in [1.807, 2.05) is 0 Å². The lowest BCUT2D eigenvalue weighted by Crippen LogP contribution is -2.19. The second kappa shape index (κ2) is 4.97. The van der Waals surface area contributed by atoms with E-state index >= 15 is 0 Å². The molecule has 1 heterocycles. The Morgan fingerprint density at radius 1 is 1.53 bits per heavy atom. The standard InChI is InChI=1S/C10H12BrN3O3/c11-8-4-13-5-9(14(15)16)10(8)17-7-2-1-6(12)3-7/h4-7H,1-3,12H2. The van der Waals surface area contributed by atoms with Crippen molar-refractivity contribution in [3.63, 3.8) is 0 Å². The SMILES string of the molecule is NC1CCC(Oc2c(Br)cncc2[N+](=O)[O-])C1. The molecule has 0 bridgehead atoms. The van der Waals surface area contributed by atoms with Gasteiger partial charge in [-0.3, -0.25) is 15.1 Å². The van der Waals surface area contributed by atoms with Gasteiger partial charge in [0.05, 0.1) is 9.40 Å². The lowest BCUT2D eigenvalue weighted by atomic mass is 10.3. The predicted octanol–water partition coefficient (Wildman–Crippen LogP) is 2.01. The monoisotopic (exact) mass is 301 g/mol. The van der Waals surface area contributed by atoms with E-state index in [0.29, 0.717) is 4.47 Å². The molecule has 1 fully saturated rings. The summed E-state index contributed by atoms with van der Waals surface area (Å²) in [4.78, 5) is 14.1. The molecule has 0 spiro atoms. The van der Waals surface area contributed by atoms with E-state index in [-0.39, 0.29) is 23.6 Å². The molecule has 0 radical (unpaired) electrons. The molecular weight excluding hydrogens is 290 g/mol. The van der Waals surface area contributed by atoms with E-state index in [9.17, 15) is 10.1 Å². The van der Waals surface area contributed by atoms with Crippen LogP contribution in [0.15, 0.2) is 16.9 Å². The number of hydrogen-bond donors (Lipinski definition) is 1. The fourth-order valence-electron chi connectivity index (χ4n) is 1.91. The van der Waals surface area contributed by atoms with Gasteiger partial charge in [0.25, 0.3) is 0 Å². The topological polar surface area (TPSA) is 91.3 Å². The van der Waals surface area contributed by atoms with Crippen LogP contribution >= 0.6 is 15.9 Å². The zero-order chi connectivity index (χ0) is 12.4. The summed E-state index contributed by atoms with van der Waals surface area (Å²) in [6.07, 6.45) is 5.06. The van der Waals surface area contributed by atoms with Crippen LogP contribution in [-0.4, -0.2) is 22.1 Å². The van der Waals surface area contributed by atoms with E-state index in [1.54, 1.807) is 0 Å². The van der Waals surface area contributed by atoms with Crippen molar-refractivity contribution in [1.82, 2.24) is 4.98 Å². The highest BCUT2D eigenvalue weighted by molar-refractivity contribution is 9.10. The number of nitro groups is 1. The number of halogens is 1. The number of ether oxygens (including phenoxy) is 1. The molecule has 2 atom stereocenters.